The molecule has 6 heteroatoms. The Hall–Kier alpha value is -1.98. The molecule has 1 aromatic carbocycles. The predicted molar refractivity (Wildman–Crippen MR) is 81.1 cm³/mol. The molecule has 3 rings (SSSR count). The Morgan fingerprint density at radius 3 is 2.95 bits per heavy atom. The maximum absolute atomic E-state index is 12.7. The van der Waals surface area contributed by atoms with Crippen molar-refractivity contribution in [1.29, 1.82) is 0 Å². The molecule has 1 N–H and O–H groups in total. The molecule has 5 nitrogen and oxygen atoms in total. The van der Waals surface area contributed by atoms with Gasteiger partial charge >= 0.3 is 0 Å². The number of β-amino-alcohol motifs (C(OH)–C–C–N with tert-alkyl or cyclic N) is 1. The molecule has 1 fully saturated rings. The Balaban J connectivity index is 1.92. The number of furan rings is 1. The molecule has 1 amide bonds. The summed E-state index contributed by atoms with van der Waals surface area (Å²) in [5.41, 5.74) is 1.23. The van der Waals surface area contributed by atoms with Crippen molar-refractivity contribution in [1.82, 2.24) is 4.90 Å². The van der Waals surface area contributed by atoms with Gasteiger partial charge in [-0.1, -0.05) is 12.1 Å². The molecular formula is C16H16ClNO4. The number of benzene rings is 1. The fourth-order valence-electron chi connectivity index (χ4n) is 2.80. The minimum Gasteiger partial charge on any atom is -0.497 e. The molecule has 2 aromatic rings. The second kappa shape index (κ2) is 6.02. The van der Waals surface area contributed by atoms with Gasteiger partial charge in [0, 0.05) is 6.54 Å². The summed E-state index contributed by atoms with van der Waals surface area (Å²) in [6.45, 7) is 0.266. The Morgan fingerprint density at radius 1 is 1.45 bits per heavy atom. The van der Waals surface area contributed by atoms with Gasteiger partial charge in [-0.2, -0.15) is 0 Å². The van der Waals surface area contributed by atoms with Crippen LogP contribution in [0.5, 0.6) is 5.75 Å². The summed E-state index contributed by atoms with van der Waals surface area (Å²) >= 11 is 5.89. The van der Waals surface area contributed by atoms with Gasteiger partial charge in [-0.25, -0.2) is 0 Å². The van der Waals surface area contributed by atoms with Crippen LogP contribution >= 0.6 is 11.6 Å². The zero-order valence-electron chi connectivity index (χ0n) is 12.0. The third-order valence-electron chi connectivity index (χ3n) is 3.87. The fourth-order valence-corrected chi connectivity index (χ4v) is 3.00. The van der Waals surface area contributed by atoms with Crippen molar-refractivity contribution < 1.29 is 19.1 Å². The van der Waals surface area contributed by atoms with E-state index in [-0.39, 0.29) is 23.7 Å². The molecule has 0 bridgehead atoms. The number of hydrogen-bond acceptors (Lipinski definition) is 4. The summed E-state index contributed by atoms with van der Waals surface area (Å²) in [4.78, 5) is 14.3. The summed E-state index contributed by atoms with van der Waals surface area (Å²) in [6.07, 6.45) is 1.29. The van der Waals surface area contributed by atoms with Crippen LogP contribution in [0.3, 0.4) is 0 Å². The van der Waals surface area contributed by atoms with E-state index < -0.39 is 6.10 Å². The number of aliphatic hydroxyl groups excluding tert-OH is 1. The van der Waals surface area contributed by atoms with Crippen LogP contribution < -0.4 is 4.74 Å². The largest absolute Gasteiger partial charge is 0.497 e. The average Bonchev–Trinajstić information content (AvgIpc) is 3.12. The van der Waals surface area contributed by atoms with Gasteiger partial charge < -0.3 is 19.2 Å². The van der Waals surface area contributed by atoms with Gasteiger partial charge in [0.25, 0.3) is 5.91 Å². The molecule has 1 aliphatic heterocycles. The molecule has 1 aromatic heterocycles. The van der Waals surface area contributed by atoms with Crippen molar-refractivity contribution in [3.05, 3.63) is 52.9 Å². The van der Waals surface area contributed by atoms with Crippen LogP contribution in [0.4, 0.5) is 0 Å². The van der Waals surface area contributed by atoms with Crippen molar-refractivity contribution in [2.45, 2.75) is 18.6 Å². The number of carbonyl (C=O) groups is 1. The van der Waals surface area contributed by atoms with Gasteiger partial charge in [0.2, 0.25) is 5.22 Å². The Morgan fingerprint density at radius 2 is 2.27 bits per heavy atom. The first-order valence-electron chi connectivity index (χ1n) is 6.96. The van der Waals surface area contributed by atoms with E-state index in [1.807, 2.05) is 24.3 Å². The third-order valence-corrected chi connectivity index (χ3v) is 4.16. The standard InChI is InChI=1S/C16H16ClNO4/c1-21-12-4-2-3-10(7-12)14-8-11(19)9-18(14)16(20)13-5-6-22-15(13)17/h2-7,11,14,19H,8-9H2,1H3. The monoisotopic (exact) mass is 321 g/mol. The molecule has 0 spiro atoms. The first kappa shape index (κ1) is 14.9. The van der Waals surface area contributed by atoms with Gasteiger partial charge in [0.15, 0.2) is 0 Å². The summed E-state index contributed by atoms with van der Waals surface area (Å²) in [6, 6.07) is 8.82. The molecule has 2 atom stereocenters. The van der Waals surface area contributed by atoms with E-state index in [2.05, 4.69) is 0 Å². The second-order valence-electron chi connectivity index (χ2n) is 5.25. The molecule has 0 saturated carbocycles. The highest BCUT2D eigenvalue weighted by molar-refractivity contribution is 6.32. The predicted octanol–water partition coefficient (Wildman–Crippen LogP) is 2.89. The number of rotatable bonds is 3. The summed E-state index contributed by atoms with van der Waals surface area (Å²) < 4.78 is 10.2. The smallest absolute Gasteiger partial charge is 0.259 e. The SMILES string of the molecule is COc1cccc(C2CC(O)CN2C(=O)c2ccoc2Cl)c1. The average molecular weight is 322 g/mol. The van der Waals surface area contributed by atoms with Gasteiger partial charge in [-0.3, -0.25) is 4.79 Å². The maximum atomic E-state index is 12.7. The Labute approximate surface area is 133 Å². The highest BCUT2D eigenvalue weighted by atomic mass is 35.5. The number of halogens is 1. The molecule has 0 aliphatic carbocycles. The summed E-state index contributed by atoms with van der Waals surface area (Å²) in [7, 11) is 1.59. The lowest BCUT2D eigenvalue weighted by Gasteiger charge is -2.24. The van der Waals surface area contributed by atoms with Gasteiger partial charge in [0.1, 0.15) is 5.75 Å². The molecule has 1 saturated heterocycles. The molecule has 2 unspecified atom stereocenters. The van der Waals surface area contributed by atoms with Crippen molar-refractivity contribution in [2.24, 2.45) is 0 Å². The fraction of sp³-hybridized carbons (Fsp3) is 0.312. The van der Waals surface area contributed by atoms with Crippen LogP contribution in [-0.2, 0) is 0 Å². The van der Waals surface area contributed by atoms with Crippen LogP contribution in [0.1, 0.15) is 28.4 Å². The highest BCUT2D eigenvalue weighted by Crippen LogP contribution is 2.35. The van der Waals surface area contributed by atoms with E-state index in [4.69, 9.17) is 20.8 Å². The quantitative estimate of drug-likeness (QED) is 0.944. The number of hydrogen-bond donors (Lipinski definition) is 1. The Bertz CT molecular complexity index is 684. The highest BCUT2D eigenvalue weighted by Gasteiger charge is 2.36. The second-order valence-corrected chi connectivity index (χ2v) is 5.59. The molecule has 22 heavy (non-hydrogen) atoms. The molecular weight excluding hydrogens is 306 g/mol. The van der Waals surface area contributed by atoms with Crippen molar-refractivity contribution in [3.63, 3.8) is 0 Å². The van der Waals surface area contributed by atoms with Gasteiger partial charge in [-0.05, 0) is 41.8 Å². The zero-order valence-corrected chi connectivity index (χ0v) is 12.8. The van der Waals surface area contributed by atoms with E-state index in [0.29, 0.717) is 17.7 Å². The van der Waals surface area contributed by atoms with Gasteiger partial charge in [0.05, 0.1) is 31.1 Å². The number of carbonyl (C=O) groups excluding carboxylic acids is 1. The van der Waals surface area contributed by atoms with Crippen molar-refractivity contribution in [3.8, 4) is 5.75 Å². The zero-order chi connectivity index (χ0) is 15.7. The minimum atomic E-state index is -0.564. The topological polar surface area (TPSA) is 62.9 Å². The molecule has 1 aliphatic rings. The number of likely N-dealkylation sites (tertiary alicyclic amines) is 1. The minimum absolute atomic E-state index is 0.0655. The third kappa shape index (κ3) is 2.69. The summed E-state index contributed by atoms with van der Waals surface area (Å²) in [5.74, 6) is 0.468. The van der Waals surface area contributed by atoms with Crippen LogP contribution in [0.2, 0.25) is 5.22 Å². The number of nitrogens with zero attached hydrogens (tertiary/aromatic N) is 1. The number of methoxy groups -OCH3 is 1. The van der Waals surface area contributed by atoms with Crippen LogP contribution in [0.25, 0.3) is 0 Å². The van der Waals surface area contributed by atoms with Crippen LogP contribution in [0, 0.1) is 0 Å². The van der Waals surface area contributed by atoms with Crippen molar-refractivity contribution >= 4 is 17.5 Å². The van der Waals surface area contributed by atoms with Gasteiger partial charge in [-0.15, -0.1) is 0 Å². The molecule has 0 radical (unpaired) electrons. The number of amides is 1. The van der Waals surface area contributed by atoms with E-state index in [1.54, 1.807) is 12.0 Å². The lowest BCUT2D eigenvalue weighted by atomic mass is 10.0. The van der Waals surface area contributed by atoms with E-state index in [9.17, 15) is 9.90 Å². The summed E-state index contributed by atoms with van der Waals surface area (Å²) in [5, 5.41) is 10.1. The van der Waals surface area contributed by atoms with Crippen molar-refractivity contribution in [2.75, 3.05) is 13.7 Å². The van der Waals surface area contributed by atoms with E-state index in [0.717, 1.165) is 5.56 Å². The first-order valence-corrected chi connectivity index (χ1v) is 7.34. The number of ether oxygens (including phenoxy) is 1. The maximum Gasteiger partial charge on any atom is 0.259 e. The normalized spacial score (nSPS) is 21.1. The van der Waals surface area contributed by atoms with Crippen LogP contribution in [-0.4, -0.2) is 35.7 Å². The van der Waals surface area contributed by atoms with E-state index in [1.165, 1.54) is 12.3 Å². The lowest BCUT2D eigenvalue weighted by Crippen LogP contribution is -2.31. The first-order chi connectivity index (χ1) is 10.6. The lowest BCUT2D eigenvalue weighted by molar-refractivity contribution is 0.0715. The van der Waals surface area contributed by atoms with E-state index >= 15 is 0 Å². The molecule has 116 valence electrons. The number of aliphatic hydroxyl groups is 1. The Kier molecular flexibility index (Phi) is 4.09. The van der Waals surface area contributed by atoms with Crippen LogP contribution in [0.15, 0.2) is 41.0 Å². The molecule has 2 heterocycles.